The quantitative estimate of drug-likeness (QED) is 0.852. The molecule has 1 aliphatic heterocycles. The van der Waals surface area contributed by atoms with Gasteiger partial charge in [-0.1, -0.05) is 30.7 Å². The van der Waals surface area contributed by atoms with Crippen LogP contribution in [0, 0.1) is 11.3 Å². The molecule has 0 amide bonds. The zero-order valence-corrected chi connectivity index (χ0v) is 13.0. The van der Waals surface area contributed by atoms with Crippen LogP contribution in [0.3, 0.4) is 0 Å². The van der Waals surface area contributed by atoms with E-state index in [1.165, 1.54) is 37.9 Å². The summed E-state index contributed by atoms with van der Waals surface area (Å²) in [6.45, 7) is 4.72. The summed E-state index contributed by atoms with van der Waals surface area (Å²) in [4.78, 5) is 6.71. The molecular weight excluding hydrogens is 270 g/mol. The SMILES string of the molecule is C[C@@H](c1ccc(-c2ccc(C#N)nc2)cc1)N1CCCCC1. The molecule has 0 aliphatic carbocycles. The van der Waals surface area contributed by atoms with Gasteiger partial charge in [-0.15, -0.1) is 0 Å². The molecule has 1 aromatic carbocycles. The molecule has 3 nitrogen and oxygen atoms in total. The molecule has 0 bridgehead atoms. The molecule has 0 N–H and O–H groups in total. The van der Waals surface area contributed by atoms with E-state index in [1.807, 2.05) is 12.1 Å². The van der Waals surface area contributed by atoms with Gasteiger partial charge < -0.3 is 0 Å². The smallest absolute Gasteiger partial charge is 0.140 e. The minimum atomic E-state index is 0.457. The summed E-state index contributed by atoms with van der Waals surface area (Å²) in [5.41, 5.74) is 4.02. The maximum atomic E-state index is 8.80. The van der Waals surface area contributed by atoms with E-state index in [-0.39, 0.29) is 0 Å². The minimum absolute atomic E-state index is 0.457. The van der Waals surface area contributed by atoms with Crippen LogP contribution in [0.25, 0.3) is 11.1 Å². The first kappa shape index (κ1) is 14.7. The average molecular weight is 291 g/mol. The zero-order valence-electron chi connectivity index (χ0n) is 13.0. The Labute approximate surface area is 132 Å². The lowest BCUT2D eigenvalue weighted by atomic mass is 10.00. The molecule has 1 atom stereocenters. The molecule has 2 heterocycles. The highest BCUT2D eigenvalue weighted by atomic mass is 15.2. The van der Waals surface area contributed by atoms with Crippen molar-refractivity contribution in [3.63, 3.8) is 0 Å². The summed E-state index contributed by atoms with van der Waals surface area (Å²) in [6.07, 6.45) is 5.77. The molecule has 1 aliphatic rings. The van der Waals surface area contributed by atoms with Crippen LogP contribution in [-0.4, -0.2) is 23.0 Å². The Morgan fingerprint density at radius 3 is 2.27 bits per heavy atom. The molecule has 0 radical (unpaired) electrons. The standard InChI is InChI=1S/C19H21N3/c1-15(22-11-3-2-4-12-22)16-5-7-17(8-6-16)18-9-10-19(13-20)21-14-18/h5-10,14-15H,2-4,11-12H2,1H3/t15-/m0/s1. The third-order valence-electron chi connectivity index (χ3n) is 4.54. The van der Waals surface area contributed by atoms with E-state index in [0.29, 0.717) is 11.7 Å². The predicted octanol–water partition coefficient (Wildman–Crippen LogP) is 4.17. The molecule has 0 saturated carbocycles. The normalized spacial score (nSPS) is 16.9. The van der Waals surface area contributed by atoms with Crippen LogP contribution in [0.2, 0.25) is 0 Å². The third kappa shape index (κ3) is 3.18. The first-order valence-electron chi connectivity index (χ1n) is 7.98. The Morgan fingerprint density at radius 2 is 1.68 bits per heavy atom. The summed E-state index contributed by atoms with van der Waals surface area (Å²) in [5, 5.41) is 8.80. The van der Waals surface area contributed by atoms with Crippen LogP contribution in [0.1, 0.15) is 43.5 Å². The van der Waals surface area contributed by atoms with Gasteiger partial charge >= 0.3 is 0 Å². The van der Waals surface area contributed by atoms with Crippen LogP contribution >= 0.6 is 0 Å². The van der Waals surface area contributed by atoms with E-state index in [9.17, 15) is 0 Å². The van der Waals surface area contributed by atoms with Crippen molar-refractivity contribution in [1.82, 2.24) is 9.88 Å². The van der Waals surface area contributed by atoms with Gasteiger partial charge in [0.25, 0.3) is 0 Å². The molecule has 3 heteroatoms. The molecule has 0 unspecified atom stereocenters. The highest BCUT2D eigenvalue weighted by Crippen LogP contribution is 2.26. The highest BCUT2D eigenvalue weighted by molar-refractivity contribution is 5.63. The predicted molar refractivity (Wildman–Crippen MR) is 88.2 cm³/mol. The van der Waals surface area contributed by atoms with Gasteiger partial charge in [0, 0.05) is 17.8 Å². The average Bonchev–Trinajstić information content (AvgIpc) is 2.62. The monoisotopic (exact) mass is 291 g/mol. The molecule has 0 spiro atoms. The second kappa shape index (κ2) is 6.72. The first-order valence-corrected chi connectivity index (χ1v) is 7.98. The lowest BCUT2D eigenvalue weighted by Gasteiger charge is -2.32. The van der Waals surface area contributed by atoms with Crippen molar-refractivity contribution < 1.29 is 0 Å². The summed E-state index contributed by atoms with van der Waals surface area (Å²) in [6, 6.07) is 15.0. The molecule has 1 saturated heterocycles. The van der Waals surface area contributed by atoms with Gasteiger partial charge in [-0.05, 0) is 56.1 Å². The van der Waals surface area contributed by atoms with Crippen molar-refractivity contribution in [2.24, 2.45) is 0 Å². The molecule has 3 rings (SSSR count). The van der Waals surface area contributed by atoms with Crippen molar-refractivity contribution >= 4 is 0 Å². The Hall–Kier alpha value is -2.18. The summed E-state index contributed by atoms with van der Waals surface area (Å²) in [7, 11) is 0. The summed E-state index contributed by atoms with van der Waals surface area (Å²) >= 11 is 0. The molecule has 1 aromatic heterocycles. The number of aromatic nitrogens is 1. The molecular formula is C19H21N3. The van der Waals surface area contributed by atoms with Crippen LogP contribution in [0.15, 0.2) is 42.6 Å². The largest absolute Gasteiger partial charge is 0.297 e. The second-order valence-corrected chi connectivity index (χ2v) is 5.94. The lowest BCUT2D eigenvalue weighted by molar-refractivity contribution is 0.175. The maximum absolute atomic E-state index is 8.80. The highest BCUT2D eigenvalue weighted by Gasteiger charge is 2.17. The van der Waals surface area contributed by atoms with Gasteiger partial charge in [0.05, 0.1) is 0 Å². The van der Waals surface area contributed by atoms with Gasteiger partial charge in [0.15, 0.2) is 0 Å². The Kier molecular flexibility index (Phi) is 4.50. The van der Waals surface area contributed by atoms with Crippen LogP contribution in [0.4, 0.5) is 0 Å². The number of nitriles is 1. The van der Waals surface area contributed by atoms with Crippen molar-refractivity contribution in [3.8, 4) is 17.2 Å². The van der Waals surface area contributed by atoms with E-state index in [4.69, 9.17) is 5.26 Å². The number of pyridine rings is 1. The molecule has 2 aromatic rings. The number of likely N-dealkylation sites (tertiary alicyclic amines) is 1. The maximum Gasteiger partial charge on any atom is 0.140 e. The van der Waals surface area contributed by atoms with Crippen LogP contribution in [-0.2, 0) is 0 Å². The first-order chi connectivity index (χ1) is 10.8. The Balaban J connectivity index is 1.75. The fourth-order valence-electron chi connectivity index (χ4n) is 3.10. The Morgan fingerprint density at radius 1 is 1.00 bits per heavy atom. The molecule has 22 heavy (non-hydrogen) atoms. The number of hydrogen-bond donors (Lipinski definition) is 0. The minimum Gasteiger partial charge on any atom is -0.297 e. The van der Waals surface area contributed by atoms with Gasteiger partial charge in [0.1, 0.15) is 11.8 Å². The number of benzene rings is 1. The second-order valence-electron chi connectivity index (χ2n) is 5.94. The van der Waals surface area contributed by atoms with Gasteiger partial charge in [-0.3, -0.25) is 4.90 Å². The van der Waals surface area contributed by atoms with E-state index in [1.54, 1.807) is 12.3 Å². The van der Waals surface area contributed by atoms with Crippen molar-refractivity contribution in [2.75, 3.05) is 13.1 Å². The van der Waals surface area contributed by atoms with Crippen molar-refractivity contribution in [1.29, 1.82) is 5.26 Å². The number of hydrogen-bond acceptors (Lipinski definition) is 3. The lowest BCUT2D eigenvalue weighted by Crippen LogP contribution is -2.32. The third-order valence-corrected chi connectivity index (χ3v) is 4.54. The van der Waals surface area contributed by atoms with Crippen molar-refractivity contribution in [2.45, 2.75) is 32.2 Å². The van der Waals surface area contributed by atoms with Gasteiger partial charge in [-0.2, -0.15) is 5.26 Å². The van der Waals surface area contributed by atoms with E-state index in [2.05, 4.69) is 41.1 Å². The summed E-state index contributed by atoms with van der Waals surface area (Å²) < 4.78 is 0. The van der Waals surface area contributed by atoms with Crippen LogP contribution < -0.4 is 0 Å². The van der Waals surface area contributed by atoms with Crippen LogP contribution in [0.5, 0.6) is 0 Å². The number of rotatable bonds is 3. The van der Waals surface area contributed by atoms with E-state index < -0.39 is 0 Å². The Bertz CT molecular complexity index is 647. The van der Waals surface area contributed by atoms with Gasteiger partial charge in [-0.25, -0.2) is 4.98 Å². The van der Waals surface area contributed by atoms with Crippen molar-refractivity contribution in [3.05, 3.63) is 53.9 Å². The topological polar surface area (TPSA) is 39.9 Å². The number of nitrogens with zero attached hydrogens (tertiary/aromatic N) is 3. The zero-order chi connectivity index (χ0) is 15.4. The summed E-state index contributed by atoms with van der Waals surface area (Å²) in [5.74, 6) is 0. The number of piperidine rings is 1. The molecule has 112 valence electrons. The molecule has 1 fully saturated rings. The van der Waals surface area contributed by atoms with E-state index >= 15 is 0 Å². The fourth-order valence-corrected chi connectivity index (χ4v) is 3.10. The van der Waals surface area contributed by atoms with Gasteiger partial charge in [0.2, 0.25) is 0 Å². The fraction of sp³-hybridized carbons (Fsp3) is 0.368. The van der Waals surface area contributed by atoms with E-state index in [0.717, 1.165) is 11.1 Å².